The maximum atomic E-state index is 12.6. The van der Waals surface area contributed by atoms with Gasteiger partial charge in [-0.3, -0.25) is 4.98 Å². The molecule has 0 saturated heterocycles. The van der Waals surface area contributed by atoms with Crippen molar-refractivity contribution >= 4 is 5.69 Å². The molecule has 0 aliphatic rings. The van der Waals surface area contributed by atoms with Crippen molar-refractivity contribution in [3.63, 3.8) is 0 Å². The number of benzene rings is 1. The molecule has 0 atom stereocenters. The third-order valence-electron chi connectivity index (χ3n) is 2.09. The molecule has 0 bridgehead atoms. The van der Waals surface area contributed by atoms with Crippen molar-refractivity contribution < 1.29 is 17.9 Å². The highest BCUT2D eigenvalue weighted by molar-refractivity contribution is 5.52. The van der Waals surface area contributed by atoms with Crippen molar-refractivity contribution in [1.29, 1.82) is 0 Å². The predicted octanol–water partition coefficient (Wildman–Crippen LogP) is 2.87. The standard InChI is InChI=1S/C11H8F3N3O/c12-11(13,14)8-5-7(1-2-9(8)15)18-10-6-16-3-4-17-10/h1-6H,15H2. The highest BCUT2D eigenvalue weighted by Crippen LogP contribution is 2.36. The first-order valence-corrected chi connectivity index (χ1v) is 4.87. The highest BCUT2D eigenvalue weighted by atomic mass is 19.4. The number of hydrogen-bond donors (Lipinski definition) is 1. The average Bonchev–Trinajstić information content (AvgIpc) is 2.31. The maximum Gasteiger partial charge on any atom is 0.418 e. The SMILES string of the molecule is Nc1ccc(Oc2cnccn2)cc1C(F)(F)F. The molecule has 2 N–H and O–H groups in total. The Labute approximate surface area is 100 Å². The average molecular weight is 255 g/mol. The highest BCUT2D eigenvalue weighted by Gasteiger charge is 2.33. The molecule has 0 fully saturated rings. The number of hydrogen-bond acceptors (Lipinski definition) is 4. The van der Waals surface area contributed by atoms with Crippen LogP contribution in [0.4, 0.5) is 18.9 Å². The number of halogens is 3. The van der Waals surface area contributed by atoms with Crippen LogP contribution in [0.25, 0.3) is 0 Å². The second-order valence-corrected chi connectivity index (χ2v) is 3.39. The predicted molar refractivity (Wildman–Crippen MR) is 58.0 cm³/mol. The van der Waals surface area contributed by atoms with Gasteiger partial charge in [-0.2, -0.15) is 13.2 Å². The van der Waals surface area contributed by atoms with E-state index in [0.29, 0.717) is 0 Å². The number of nitrogens with zero attached hydrogens (tertiary/aromatic N) is 2. The van der Waals surface area contributed by atoms with Gasteiger partial charge in [0.1, 0.15) is 5.75 Å². The number of nitrogen functional groups attached to an aromatic ring is 1. The van der Waals surface area contributed by atoms with E-state index in [9.17, 15) is 13.2 Å². The van der Waals surface area contributed by atoms with E-state index in [1.165, 1.54) is 24.7 Å². The molecule has 7 heteroatoms. The Morgan fingerprint density at radius 1 is 1.17 bits per heavy atom. The molecular weight excluding hydrogens is 247 g/mol. The van der Waals surface area contributed by atoms with Crippen LogP contribution in [0, 0.1) is 0 Å². The lowest BCUT2D eigenvalue weighted by atomic mass is 10.1. The summed E-state index contributed by atoms with van der Waals surface area (Å²) in [6.07, 6.45) is -0.427. The van der Waals surface area contributed by atoms with E-state index in [2.05, 4.69) is 9.97 Å². The fourth-order valence-electron chi connectivity index (χ4n) is 1.30. The number of ether oxygens (including phenoxy) is 1. The summed E-state index contributed by atoms with van der Waals surface area (Å²) in [7, 11) is 0. The molecule has 2 aromatic rings. The molecule has 4 nitrogen and oxygen atoms in total. The van der Waals surface area contributed by atoms with Gasteiger partial charge in [0.25, 0.3) is 0 Å². The van der Waals surface area contributed by atoms with Gasteiger partial charge in [0, 0.05) is 18.1 Å². The van der Waals surface area contributed by atoms with Crippen molar-refractivity contribution in [3.8, 4) is 11.6 Å². The number of anilines is 1. The van der Waals surface area contributed by atoms with E-state index in [-0.39, 0.29) is 17.3 Å². The largest absolute Gasteiger partial charge is 0.437 e. The molecule has 94 valence electrons. The van der Waals surface area contributed by atoms with Crippen LogP contribution in [0.5, 0.6) is 11.6 Å². The molecule has 0 amide bonds. The lowest BCUT2D eigenvalue weighted by Gasteiger charge is -2.11. The van der Waals surface area contributed by atoms with Crippen molar-refractivity contribution in [2.75, 3.05) is 5.73 Å². The van der Waals surface area contributed by atoms with E-state index >= 15 is 0 Å². The zero-order valence-corrected chi connectivity index (χ0v) is 8.98. The smallest absolute Gasteiger partial charge is 0.418 e. The minimum Gasteiger partial charge on any atom is -0.437 e. The van der Waals surface area contributed by atoms with Gasteiger partial charge in [-0.05, 0) is 18.2 Å². The van der Waals surface area contributed by atoms with E-state index in [1.54, 1.807) is 0 Å². The zero-order chi connectivity index (χ0) is 13.2. The number of alkyl halides is 3. The minimum absolute atomic E-state index is 0.00275. The van der Waals surface area contributed by atoms with Crippen LogP contribution in [-0.4, -0.2) is 9.97 Å². The van der Waals surface area contributed by atoms with Gasteiger partial charge in [0.2, 0.25) is 5.88 Å². The molecule has 1 aromatic heterocycles. The van der Waals surface area contributed by atoms with Crippen molar-refractivity contribution in [2.24, 2.45) is 0 Å². The van der Waals surface area contributed by atoms with Gasteiger partial charge >= 0.3 is 6.18 Å². The topological polar surface area (TPSA) is 61.0 Å². The van der Waals surface area contributed by atoms with Crippen LogP contribution in [0.3, 0.4) is 0 Å². The lowest BCUT2D eigenvalue weighted by molar-refractivity contribution is -0.137. The Morgan fingerprint density at radius 2 is 1.94 bits per heavy atom. The van der Waals surface area contributed by atoms with Crippen LogP contribution < -0.4 is 10.5 Å². The van der Waals surface area contributed by atoms with E-state index in [0.717, 1.165) is 12.1 Å². The fourth-order valence-corrected chi connectivity index (χ4v) is 1.30. The molecule has 0 aliphatic carbocycles. The molecule has 0 aliphatic heterocycles. The normalized spacial score (nSPS) is 11.3. The van der Waals surface area contributed by atoms with Crippen molar-refractivity contribution in [2.45, 2.75) is 6.18 Å². The first-order valence-electron chi connectivity index (χ1n) is 4.87. The number of rotatable bonds is 2. The molecule has 0 saturated carbocycles. The molecule has 2 rings (SSSR count). The second kappa shape index (κ2) is 4.52. The summed E-state index contributed by atoms with van der Waals surface area (Å²) < 4.78 is 43.0. The van der Waals surface area contributed by atoms with Crippen LogP contribution in [0.1, 0.15) is 5.56 Å². The molecule has 0 radical (unpaired) electrons. The first kappa shape index (κ1) is 12.2. The quantitative estimate of drug-likeness (QED) is 0.838. The molecular formula is C11H8F3N3O. The van der Waals surface area contributed by atoms with Crippen molar-refractivity contribution in [3.05, 3.63) is 42.4 Å². The van der Waals surface area contributed by atoms with Gasteiger partial charge in [-0.25, -0.2) is 4.98 Å². The van der Waals surface area contributed by atoms with Gasteiger partial charge in [-0.15, -0.1) is 0 Å². The minimum atomic E-state index is -4.52. The third kappa shape index (κ3) is 2.68. The Kier molecular flexibility index (Phi) is 3.05. The molecule has 1 heterocycles. The summed E-state index contributed by atoms with van der Waals surface area (Å²) in [5, 5.41) is 0. The molecule has 18 heavy (non-hydrogen) atoms. The van der Waals surface area contributed by atoms with Crippen LogP contribution in [-0.2, 0) is 6.18 Å². The number of nitrogens with two attached hydrogens (primary N) is 1. The fraction of sp³-hybridized carbons (Fsp3) is 0.0909. The second-order valence-electron chi connectivity index (χ2n) is 3.39. The maximum absolute atomic E-state index is 12.6. The Bertz CT molecular complexity index is 543. The van der Waals surface area contributed by atoms with Crippen LogP contribution in [0.15, 0.2) is 36.8 Å². The first-order chi connectivity index (χ1) is 8.47. The van der Waals surface area contributed by atoms with E-state index in [1.807, 2.05) is 0 Å². The summed E-state index contributed by atoms with van der Waals surface area (Å²) in [6, 6.07) is 3.29. The molecule has 0 spiro atoms. The Balaban J connectivity index is 2.31. The van der Waals surface area contributed by atoms with Gasteiger partial charge in [-0.1, -0.05) is 0 Å². The van der Waals surface area contributed by atoms with Gasteiger partial charge in [0.15, 0.2) is 0 Å². The zero-order valence-electron chi connectivity index (χ0n) is 8.98. The van der Waals surface area contributed by atoms with Crippen LogP contribution in [0.2, 0.25) is 0 Å². The summed E-state index contributed by atoms with van der Waals surface area (Å²) >= 11 is 0. The molecule has 0 unspecified atom stereocenters. The van der Waals surface area contributed by atoms with Crippen molar-refractivity contribution in [1.82, 2.24) is 9.97 Å². The molecule has 1 aromatic carbocycles. The van der Waals surface area contributed by atoms with Gasteiger partial charge < -0.3 is 10.5 Å². The van der Waals surface area contributed by atoms with E-state index in [4.69, 9.17) is 10.5 Å². The van der Waals surface area contributed by atoms with Crippen LogP contribution >= 0.6 is 0 Å². The Morgan fingerprint density at radius 3 is 2.56 bits per heavy atom. The van der Waals surface area contributed by atoms with Gasteiger partial charge in [0.05, 0.1) is 11.8 Å². The Hall–Kier alpha value is -2.31. The summed E-state index contributed by atoms with van der Waals surface area (Å²) in [6.45, 7) is 0. The summed E-state index contributed by atoms with van der Waals surface area (Å²) in [5.41, 5.74) is 3.97. The monoisotopic (exact) mass is 255 g/mol. The third-order valence-corrected chi connectivity index (χ3v) is 2.09. The van der Waals surface area contributed by atoms with E-state index < -0.39 is 11.7 Å². The summed E-state index contributed by atoms with van der Waals surface area (Å²) in [4.78, 5) is 7.53. The summed E-state index contributed by atoms with van der Waals surface area (Å²) in [5.74, 6) is 0.104. The number of aromatic nitrogens is 2. The lowest BCUT2D eigenvalue weighted by Crippen LogP contribution is -2.08.